The first-order valence-corrected chi connectivity index (χ1v) is 4.94. The molecule has 5 N–H and O–H groups in total. The van der Waals surface area contributed by atoms with E-state index in [4.69, 9.17) is 11.5 Å². The molecular formula is C11H21N3. The molecule has 0 aromatic heterocycles. The molecule has 0 bridgehead atoms. The zero-order chi connectivity index (χ0) is 11.0. The average Bonchev–Trinajstić information content (AvgIpc) is 2.14. The van der Waals surface area contributed by atoms with E-state index in [0.717, 1.165) is 18.7 Å². The van der Waals surface area contributed by atoms with Crippen LogP contribution in [0.4, 0.5) is 11.4 Å². The highest BCUT2D eigenvalue weighted by atomic mass is 14.8. The highest BCUT2D eigenvalue weighted by molar-refractivity contribution is 5.63. The Morgan fingerprint density at radius 3 is 1.93 bits per heavy atom. The summed E-state index contributed by atoms with van der Waals surface area (Å²) in [5.74, 6) is 0. The van der Waals surface area contributed by atoms with Crippen molar-refractivity contribution in [2.45, 2.75) is 20.8 Å². The number of benzene rings is 1. The zero-order valence-electron chi connectivity index (χ0n) is 9.30. The minimum absolute atomic E-state index is 0.653. The summed E-state index contributed by atoms with van der Waals surface area (Å²) < 4.78 is 0. The summed E-state index contributed by atoms with van der Waals surface area (Å²) in [5, 5.41) is 3.11. The molecule has 0 spiro atoms. The molecule has 0 radical (unpaired) electrons. The van der Waals surface area contributed by atoms with E-state index in [1.165, 1.54) is 0 Å². The first kappa shape index (κ1) is 12.8. The number of nitrogen functional groups attached to an aromatic ring is 2. The molecule has 0 heterocycles. The lowest BCUT2D eigenvalue weighted by Crippen LogP contribution is -2.09. The minimum Gasteiger partial charge on any atom is -0.397 e. The van der Waals surface area contributed by atoms with E-state index in [0.29, 0.717) is 11.4 Å². The van der Waals surface area contributed by atoms with Crippen LogP contribution in [0.5, 0.6) is 0 Å². The molecule has 1 aromatic rings. The highest BCUT2D eigenvalue weighted by Crippen LogP contribution is 2.14. The van der Waals surface area contributed by atoms with Gasteiger partial charge in [0.15, 0.2) is 0 Å². The van der Waals surface area contributed by atoms with E-state index in [-0.39, 0.29) is 0 Å². The maximum absolute atomic E-state index is 5.50. The van der Waals surface area contributed by atoms with Crippen LogP contribution >= 0.6 is 0 Å². The van der Waals surface area contributed by atoms with Crippen molar-refractivity contribution in [3.63, 3.8) is 0 Å². The van der Waals surface area contributed by atoms with E-state index in [9.17, 15) is 0 Å². The summed E-state index contributed by atoms with van der Waals surface area (Å²) >= 11 is 0. The smallest absolute Gasteiger partial charge is 0.0550 e. The van der Waals surface area contributed by atoms with Crippen LogP contribution in [0.15, 0.2) is 18.2 Å². The van der Waals surface area contributed by atoms with Crippen LogP contribution in [0.1, 0.15) is 19.4 Å². The summed E-state index contributed by atoms with van der Waals surface area (Å²) in [6, 6.07) is 5.60. The molecule has 0 amide bonds. The predicted octanol–water partition coefficient (Wildman–Crippen LogP) is 1.78. The zero-order valence-corrected chi connectivity index (χ0v) is 9.30. The average molecular weight is 195 g/mol. The van der Waals surface area contributed by atoms with E-state index >= 15 is 0 Å². The molecule has 0 saturated carbocycles. The van der Waals surface area contributed by atoms with Crippen molar-refractivity contribution in [3.05, 3.63) is 23.8 Å². The van der Waals surface area contributed by atoms with Gasteiger partial charge in [0, 0.05) is 0 Å². The fourth-order valence-electron chi connectivity index (χ4n) is 0.944. The molecule has 3 nitrogen and oxygen atoms in total. The van der Waals surface area contributed by atoms with E-state index in [1.807, 2.05) is 25.1 Å². The van der Waals surface area contributed by atoms with Gasteiger partial charge in [-0.1, -0.05) is 19.9 Å². The molecule has 0 aliphatic heterocycles. The lowest BCUT2D eigenvalue weighted by atomic mass is 10.2. The molecule has 3 heteroatoms. The third-order valence-corrected chi connectivity index (χ3v) is 1.74. The Labute approximate surface area is 86.5 Å². The predicted molar refractivity (Wildman–Crippen MR) is 64.2 cm³/mol. The fourth-order valence-corrected chi connectivity index (χ4v) is 0.944. The lowest BCUT2D eigenvalue weighted by Gasteiger charge is -1.98. The first-order valence-electron chi connectivity index (χ1n) is 4.94. The Hall–Kier alpha value is -1.22. The van der Waals surface area contributed by atoms with Crippen LogP contribution in [0, 0.1) is 6.92 Å². The van der Waals surface area contributed by atoms with Crippen molar-refractivity contribution in [3.8, 4) is 0 Å². The maximum Gasteiger partial charge on any atom is 0.0550 e. The molecule has 0 atom stereocenters. The number of aryl methyl sites for hydroxylation is 1. The first-order chi connectivity index (χ1) is 6.61. The standard InChI is InChI=1S/C7H10N2.C4H11N/c1-5-2-3-6(8)7(9)4-5;1-3-5-4-2/h2-4H,8-9H2,1H3;5H,3-4H2,1-2H3. The van der Waals surface area contributed by atoms with Crippen LogP contribution in [0.3, 0.4) is 0 Å². The van der Waals surface area contributed by atoms with Crippen LogP contribution < -0.4 is 16.8 Å². The summed E-state index contributed by atoms with van der Waals surface area (Å²) in [5.41, 5.74) is 13.4. The van der Waals surface area contributed by atoms with Crippen molar-refractivity contribution >= 4 is 11.4 Å². The second kappa shape index (κ2) is 7.21. The largest absolute Gasteiger partial charge is 0.397 e. The van der Waals surface area contributed by atoms with Crippen molar-refractivity contribution in [2.24, 2.45) is 0 Å². The van der Waals surface area contributed by atoms with Crippen molar-refractivity contribution in [1.29, 1.82) is 0 Å². The fraction of sp³-hybridized carbons (Fsp3) is 0.455. The summed E-state index contributed by atoms with van der Waals surface area (Å²) in [6.07, 6.45) is 0. The van der Waals surface area contributed by atoms with E-state index < -0.39 is 0 Å². The third kappa shape index (κ3) is 5.43. The van der Waals surface area contributed by atoms with Gasteiger partial charge in [0.25, 0.3) is 0 Å². The topological polar surface area (TPSA) is 64.1 Å². The van der Waals surface area contributed by atoms with Crippen LogP contribution in [0.2, 0.25) is 0 Å². The Kier molecular flexibility index (Phi) is 6.58. The quantitative estimate of drug-likeness (QED) is 0.630. The third-order valence-electron chi connectivity index (χ3n) is 1.74. The molecule has 0 aliphatic carbocycles. The number of nitrogens with one attached hydrogen (secondary N) is 1. The van der Waals surface area contributed by atoms with Gasteiger partial charge in [0.05, 0.1) is 11.4 Å². The Morgan fingerprint density at radius 2 is 1.64 bits per heavy atom. The molecule has 0 aliphatic rings. The van der Waals surface area contributed by atoms with Crippen molar-refractivity contribution < 1.29 is 0 Å². The van der Waals surface area contributed by atoms with Gasteiger partial charge in [-0.15, -0.1) is 0 Å². The van der Waals surface area contributed by atoms with Gasteiger partial charge in [0.2, 0.25) is 0 Å². The molecule has 0 fully saturated rings. The van der Waals surface area contributed by atoms with Crippen molar-refractivity contribution in [1.82, 2.24) is 5.32 Å². The number of anilines is 2. The Morgan fingerprint density at radius 1 is 1.07 bits per heavy atom. The normalized spacial score (nSPS) is 9.07. The molecular weight excluding hydrogens is 174 g/mol. The second-order valence-electron chi connectivity index (χ2n) is 3.09. The molecule has 1 aromatic carbocycles. The van der Waals surface area contributed by atoms with Crippen LogP contribution in [0.25, 0.3) is 0 Å². The summed E-state index contributed by atoms with van der Waals surface area (Å²) in [4.78, 5) is 0. The highest BCUT2D eigenvalue weighted by Gasteiger charge is 1.90. The number of nitrogens with two attached hydrogens (primary N) is 2. The van der Waals surface area contributed by atoms with E-state index in [1.54, 1.807) is 0 Å². The second-order valence-corrected chi connectivity index (χ2v) is 3.09. The minimum atomic E-state index is 0.653. The van der Waals surface area contributed by atoms with Gasteiger partial charge >= 0.3 is 0 Å². The molecule has 0 saturated heterocycles. The lowest BCUT2D eigenvalue weighted by molar-refractivity contribution is 0.762. The van der Waals surface area contributed by atoms with Gasteiger partial charge in [-0.25, -0.2) is 0 Å². The van der Waals surface area contributed by atoms with Crippen LogP contribution in [-0.2, 0) is 0 Å². The van der Waals surface area contributed by atoms with Gasteiger partial charge < -0.3 is 16.8 Å². The molecule has 1 rings (SSSR count). The van der Waals surface area contributed by atoms with E-state index in [2.05, 4.69) is 19.2 Å². The maximum atomic E-state index is 5.50. The van der Waals surface area contributed by atoms with Gasteiger partial charge in [-0.2, -0.15) is 0 Å². The number of hydrogen-bond donors (Lipinski definition) is 3. The molecule has 14 heavy (non-hydrogen) atoms. The van der Waals surface area contributed by atoms with Crippen LogP contribution in [-0.4, -0.2) is 13.1 Å². The van der Waals surface area contributed by atoms with Gasteiger partial charge in [-0.05, 0) is 37.7 Å². The SMILES string of the molecule is CCNCC.Cc1ccc(N)c(N)c1. The molecule has 80 valence electrons. The summed E-state index contributed by atoms with van der Waals surface area (Å²) in [6.45, 7) is 8.37. The van der Waals surface area contributed by atoms with Gasteiger partial charge in [-0.3, -0.25) is 0 Å². The number of rotatable bonds is 2. The Bertz CT molecular complexity index is 257. The molecule has 0 unspecified atom stereocenters. The summed E-state index contributed by atoms with van der Waals surface area (Å²) in [7, 11) is 0. The monoisotopic (exact) mass is 195 g/mol. The van der Waals surface area contributed by atoms with Crippen molar-refractivity contribution in [2.75, 3.05) is 24.6 Å². The van der Waals surface area contributed by atoms with Gasteiger partial charge in [0.1, 0.15) is 0 Å². The number of hydrogen-bond acceptors (Lipinski definition) is 3. The Balaban J connectivity index is 0.000000292.